The molecule has 0 amide bonds. The number of aliphatic imine (C=N–C) groups is 1. The second-order valence-corrected chi connectivity index (χ2v) is 14.5. The average molecular weight is 649 g/mol. The molecule has 0 saturated heterocycles. The van der Waals surface area contributed by atoms with E-state index < -0.39 is 9.73 Å². The first-order chi connectivity index (χ1) is 24.2. The van der Waals surface area contributed by atoms with E-state index in [2.05, 4.69) is 118 Å². The lowest BCUT2D eigenvalue weighted by atomic mass is 10.0. The third kappa shape index (κ3) is 4.17. The second-order valence-electron chi connectivity index (χ2n) is 12.3. The van der Waals surface area contributed by atoms with E-state index in [1.165, 1.54) is 21.8 Å². The lowest BCUT2D eigenvalue weighted by molar-refractivity contribution is 0.676. The van der Waals surface area contributed by atoms with Crippen LogP contribution in [0.25, 0.3) is 60.4 Å². The van der Waals surface area contributed by atoms with Gasteiger partial charge in [-0.1, -0.05) is 97.1 Å². The van der Waals surface area contributed by atoms with E-state index in [-0.39, 0.29) is 0 Å². The first kappa shape index (κ1) is 27.8. The number of hydrogen-bond donors (Lipinski definition) is 0. The molecule has 49 heavy (non-hydrogen) atoms. The fourth-order valence-electron chi connectivity index (χ4n) is 7.33. The van der Waals surface area contributed by atoms with Crippen LogP contribution in [-0.2, 0) is 9.73 Å². The Morgan fingerprint density at radius 1 is 0.449 bits per heavy atom. The fraction of sp³-hybridized carbons (Fsp3) is 0. The summed E-state index contributed by atoms with van der Waals surface area (Å²) in [7, 11) is -2.98. The highest BCUT2D eigenvalue weighted by molar-refractivity contribution is 7.94. The number of rotatable bonds is 3. The average Bonchev–Trinajstić information content (AvgIpc) is 3.68. The summed E-state index contributed by atoms with van der Waals surface area (Å²) in [4.78, 5) is 6.32. The monoisotopic (exact) mass is 648 g/mol. The Kier molecular flexibility index (Phi) is 6.04. The zero-order valence-corrected chi connectivity index (χ0v) is 27.1. The van der Waals surface area contributed by atoms with E-state index in [4.69, 9.17) is 9.36 Å². The standard InChI is InChI=1S/C43H28N4OS/c48-49(32-15-5-2-6-16-32)42-22-12-9-19-37(42)44-43(45-49)47-39-21-11-8-18-34(39)36-28-30(24-26-41(36)47)29-23-25-40-35(27-29)33-17-7-10-20-38(33)46(40)31-13-3-1-4-14-31/h1-28H. The Morgan fingerprint density at radius 3 is 1.63 bits per heavy atom. The quantitative estimate of drug-likeness (QED) is 0.188. The normalized spacial score (nSPS) is 15.8. The summed E-state index contributed by atoms with van der Waals surface area (Å²) in [5, 5.41) is 4.61. The molecule has 0 saturated carbocycles. The van der Waals surface area contributed by atoms with Crippen LogP contribution >= 0.6 is 0 Å². The topological polar surface area (TPSA) is 51.6 Å². The van der Waals surface area contributed by atoms with Gasteiger partial charge in [-0.2, -0.15) is 4.36 Å². The van der Waals surface area contributed by atoms with Crippen molar-refractivity contribution < 1.29 is 4.21 Å². The highest BCUT2D eigenvalue weighted by atomic mass is 32.2. The van der Waals surface area contributed by atoms with Crippen molar-refractivity contribution in [2.75, 3.05) is 0 Å². The molecule has 3 heterocycles. The molecule has 0 spiro atoms. The van der Waals surface area contributed by atoms with Crippen molar-refractivity contribution in [3.63, 3.8) is 0 Å². The van der Waals surface area contributed by atoms with Gasteiger partial charge in [0.25, 0.3) is 0 Å². The molecule has 0 radical (unpaired) electrons. The molecule has 5 nitrogen and oxygen atoms in total. The smallest absolute Gasteiger partial charge is 0.244 e. The lowest BCUT2D eigenvalue weighted by Crippen LogP contribution is -2.17. The maximum Gasteiger partial charge on any atom is 0.244 e. The number of fused-ring (bicyclic) bond motifs is 7. The predicted octanol–water partition coefficient (Wildman–Crippen LogP) is 11.0. The molecular weight excluding hydrogens is 621 g/mol. The number of aromatic nitrogens is 2. The van der Waals surface area contributed by atoms with E-state index in [9.17, 15) is 4.21 Å². The maximum absolute atomic E-state index is 14.9. The summed E-state index contributed by atoms with van der Waals surface area (Å²) in [6, 6.07) is 57.9. The van der Waals surface area contributed by atoms with Crippen LogP contribution in [0.5, 0.6) is 0 Å². The van der Waals surface area contributed by atoms with Crippen molar-refractivity contribution in [1.29, 1.82) is 0 Å². The lowest BCUT2D eigenvalue weighted by Gasteiger charge is -2.19. The summed E-state index contributed by atoms with van der Waals surface area (Å²) < 4.78 is 24.3. The highest BCUT2D eigenvalue weighted by Gasteiger charge is 2.27. The van der Waals surface area contributed by atoms with Gasteiger partial charge in [-0.25, -0.2) is 9.20 Å². The van der Waals surface area contributed by atoms with Crippen molar-refractivity contribution in [2.24, 2.45) is 9.36 Å². The van der Waals surface area contributed by atoms with Crippen LogP contribution in [0.4, 0.5) is 5.69 Å². The molecule has 1 aliphatic rings. The molecular formula is C43H28N4OS. The van der Waals surface area contributed by atoms with Crippen molar-refractivity contribution >= 4 is 65.0 Å². The SMILES string of the molecule is O=S1(c2ccccc2)=NC(n2c3ccccc3c3cc(-c4ccc5c(c4)c4ccccc4n5-c4ccccc4)ccc32)=Nc2ccccc21. The van der Waals surface area contributed by atoms with E-state index >= 15 is 0 Å². The number of benzene rings is 7. The molecule has 1 unspecified atom stereocenters. The van der Waals surface area contributed by atoms with Crippen LogP contribution in [-0.4, -0.2) is 19.3 Å². The van der Waals surface area contributed by atoms with Gasteiger partial charge in [-0.05, 0) is 83.9 Å². The molecule has 1 atom stereocenters. The second kappa shape index (κ2) is 10.6. The van der Waals surface area contributed by atoms with Gasteiger partial charge < -0.3 is 4.57 Å². The Morgan fingerprint density at radius 2 is 0.959 bits per heavy atom. The summed E-state index contributed by atoms with van der Waals surface area (Å²) in [6.45, 7) is 0. The van der Waals surface area contributed by atoms with Crippen LogP contribution < -0.4 is 0 Å². The molecule has 7 aromatic carbocycles. The minimum absolute atomic E-state index is 0.418. The summed E-state index contributed by atoms with van der Waals surface area (Å²) in [5.74, 6) is 0.418. The molecule has 1 aliphatic heterocycles. The van der Waals surface area contributed by atoms with Gasteiger partial charge in [-0.3, -0.25) is 4.57 Å². The van der Waals surface area contributed by atoms with Gasteiger partial charge in [0, 0.05) is 27.2 Å². The van der Waals surface area contributed by atoms with E-state index in [1.54, 1.807) is 0 Å². The Labute approximate surface area is 283 Å². The third-order valence-corrected chi connectivity index (χ3v) is 11.8. The molecule has 232 valence electrons. The van der Waals surface area contributed by atoms with Gasteiger partial charge in [-0.15, -0.1) is 0 Å². The maximum atomic E-state index is 14.9. The highest BCUT2D eigenvalue weighted by Crippen LogP contribution is 2.40. The Hall–Kier alpha value is -6.24. The summed E-state index contributed by atoms with van der Waals surface area (Å²) in [5.41, 5.74) is 8.37. The fourth-order valence-corrected chi connectivity index (χ4v) is 9.32. The Balaban J connectivity index is 1.18. The van der Waals surface area contributed by atoms with Crippen molar-refractivity contribution in [1.82, 2.24) is 9.13 Å². The molecule has 0 fully saturated rings. The van der Waals surface area contributed by atoms with E-state index in [0.29, 0.717) is 21.4 Å². The molecule has 2 aromatic heterocycles. The molecule has 0 bridgehead atoms. The van der Waals surface area contributed by atoms with Gasteiger partial charge >= 0.3 is 0 Å². The van der Waals surface area contributed by atoms with Crippen LogP contribution in [0.15, 0.2) is 189 Å². The van der Waals surface area contributed by atoms with Gasteiger partial charge in [0.2, 0.25) is 5.96 Å². The van der Waals surface area contributed by atoms with Crippen LogP contribution in [0.2, 0.25) is 0 Å². The zero-order chi connectivity index (χ0) is 32.5. The van der Waals surface area contributed by atoms with Crippen LogP contribution in [0.1, 0.15) is 0 Å². The summed E-state index contributed by atoms with van der Waals surface area (Å²) in [6.07, 6.45) is 0. The predicted molar refractivity (Wildman–Crippen MR) is 202 cm³/mol. The van der Waals surface area contributed by atoms with E-state index in [0.717, 1.165) is 38.6 Å². The third-order valence-electron chi connectivity index (χ3n) is 9.55. The minimum atomic E-state index is -2.98. The first-order valence-electron chi connectivity index (χ1n) is 16.3. The molecule has 0 N–H and O–H groups in total. The molecule has 6 heteroatoms. The molecule has 9 aromatic rings. The first-order valence-corrected chi connectivity index (χ1v) is 17.8. The van der Waals surface area contributed by atoms with Crippen molar-refractivity contribution in [2.45, 2.75) is 9.79 Å². The van der Waals surface area contributed by atoms with Gasteiger partial charge in [0.05, 0.1) is 37.5 Å². The van der Waals surface area contributed by atoms with Crippen LogP contribution in [0.3, 0.4) is 0 Å². The van der Waals surface area contributed by atoms with Gasteiger partial charge in [0.1, 0.15) is 9.73 Å². The Bertz CT molecular complexity index is 2930. The minimum Gasteiger partial charge on any atom is -0.309 e. The number of hydrogen-bond acceptors (Lipinski definition) is 3. The van der Waals surface area contributed by atoms with E-state index in [1.807, 2.05) is 60.7 Å². The number of nitrogens with zero attached hydrogens (tertiary/aromatic N) is 4. The van der Waals surface area contributed by atoms with Crippen molar-refractivity contribution in [3.05, 3.63) is 170 Å². The van der Waals surface area contributed by atoms with Gasteiger partial charge in [0.15, 0.2) is 0 Å². The molecule has 10 rings (SSSR count). The zero-order valence-electron chi connectivity index (χ0n) is 26.3. The van der Waals surface area contributed by atoms with Crippen LogP contribution in [0, 0.1) is 0 Å². The van der Waals surface area contributed by atoms with Crippen molar-refractivity contribution in [3.8, 4) is 16.8 Å². The molecule has 0 aliphatic carbocycles. The largest absolute Gasteiger partial charge is 0.309 e. The summed E-state index contributed by atoms with van der Waals surface area (Å²) >= 11 is 0. The number of para-hydroxylation sites is 4.